The largest absolute Gasteiger partial charge is 0.384 e. The molecule has 0 amide bonds. The molecule has 0 aromatic heterocycles. The lowest BCUT2D eigenvalue weighted by Gasteiger charge is -2.13. The van der Waals surface area contributed by atoms with Gasteiger partial charge in [-0.3, -0.25) is 14.9 Å². The van der Waals surface area contributed by atoms with Crippen molar-refractivity contribution in [1.82, 2.24) is 0 Å². The lowest BCUT2D eigenvalue weighted by Crippen LogP contribution is -2.21. The monoisotopic (exact) mass is 373 g/mol. The molecule has 1 aromatic rings. The van der Waals surface area contributed by atoms with Crippen molar-refractivity contribution in [2.24, 2.45) is 0 Å². The van der Waals surface area contributed by atoms with Gasteiger partial charge in [0.1, 0.15) is 12.9 Å². The van der Waals surface area contributed by atoms with Gasteiger partial charge in [0, 0.05) is 17.8 Å². The summed E-state index contributed by atoms with van der Waals surface area (Å²) in [5, 5.41) is 28.0. The molecule has 0 saturated carbocycles. The fourth-order valence-corrected chi connectivity index (χ4v) is 2.32. The zero-order valence-corrected chi connectivity index (χ0v) is 14.9. The van der Waals surface area contributed by atoms with Gasteiger partial charge in [0.2, 0.25) is 12.3 Å². The summed E-state index contributed by atoms with van der Waals surface area (Å²) in [5.74, 6) is 4.65. The van der Waals surface area contributed by atoms with E-state index in [9.17, 15) is 14.9 Å². The normalized spacial score (nSPS) is 17.0. The van der Waals surface area contributed by atoms with E-state index in [2.05, 4.69) is 11.8 Å². The van der Waals surface area contributed by atoms with Crippen LogP contribution < -0.4 is 0 Å². The minimum Gasteiger partial charge on any atom is -0.384 e. The summed E-state index contributed by atoms with van der Waals surface area (Å²) in [7, 11) is 0. The highest BCUT2D eigenvalue weighted by Crippen LogP contribution is 2.20. The van der Waals surface area contributed by atoms with Crippen LogP contribution in [0, 0.1) is 22.0 Å². The Morgan fingerprint density at radius 2 is 2.11 bits per heavy atom. The Bertz CT molecular complexity index is 702. The number of rotatable bonds is 6. The van der Waals surface area contributed by atoms with E-state index < -0.39 is 12.3 Å². The number of aliphatic hydroxyl groups is 2. The molecule has 2 rings (SSSR count). The van der Waals surface area contributed by atoms with Gasteiger partial charge in [0.05, 0.1) is 6.61 Å². The first kappa shape index (κ1) is 22.3. The van der Waals surface area contributed by atoms with Crippen molar-refractivity contribution in [3.05, 3.63) is 69.8 Å². The van der Waals surface area contributed by atoms with Crippen LogP contribution in [-0.4, -0.2) is 40.4 Å². The van der Waals surface area contributed by atoms with Gasteiger partial charge in [-0.05, 0) is 29.6 Å². The molecule has 2 atom stereocenters. The Labute approximate surface area is 158 Å². The number of hydrogen-bond donors (Lipinski definition) is 2. The summed E-state index contributed by atoms with van der Waals surface area (Å²) in [6.45, 7) is 0.0356. The highest BCUT2D eigenvalue weighted by molar-refractivity contribution is 5.65. The van der Waals surface area contributed by atoms with E-state index in [1.807, 2.05) is 36.4 Å². The molecular formula is C20H23NO6. The summed E-state index contributed by atoms with van der Waals surface area (Å²) in [4.78, 5) is 20.2. The number of nitro groups is 1. The summed E-state index contributed by atoms with van der Waals surface area (Å²) < 4.78 is 5.00. The number of benzene rings is 1. The van der Waals surface area contributed by atoms with E-state index >= 15 is 0 Å². The molecule has 1 aliphatic rings. The quantitative estimate of drug-likeness (QED) is 0.197. The molecule has 7 nitrogen and oxygen atoms in total. The molecule has 0 spiro atoms. The minimum absolute atomic E-state index is 0.248. The number of aldehydes is 1. The molecule has 0 radical (unpaired) electrons. The smallest absolute Gasteiger partial charge is 0.220 e. The average Bonchev–Trinajstić information content (AvgIpc) is 2.70. The molecular weight excluding hydrogens is 350 g/mol. The van der Waals surface area contributed by atoms with Gasteiger partial charge in [-0.2, -0.15) is 0 Å². The first-order valence-electron chi connectivity index (χ1n) is 8.44. The fraction of sp³-hybridized carbons (Fsp3) is 0.350. The summed E-state index contributed by atoms with van der Waals surface area (Å²) in [5.41, 5.74) is 1.86. The van der Waals surface area contributed by atoms with Gasteiger partial charge in [-0.15, -0.1) is 0 Å². The van der Waals surface area contributed by atoms with Crippen molar-refractivity contribution in [1.29, 1.82) is 0 Å². The van der Waals surface area contributed by atoms with E-state index in [-0.39, 0.29) is 11.5 Å². The number of nitrogens with zero attached hydrogens (tertiary/aromatic N) is 1. The Morgan fingerprint density at radius 1 is 1.37 bits per heavy atom. The first-order chi connectivity index (χ1) is 13.1. The number of hydrogen-bond acceptors (Lipinski definition) is 6. The van der Waals surface area contributed by atoms with Crippen LogP contribution in [-0.2, 0) is 16.1 Å². The van der Waals surface area contributed by atoms with Crippen LogP contribution >= 0.6 is 0 Å². The maximum Gasteiger partial charge on any atom is 0.220 e. The number of aliphatic hydroxyl groups excluding tert-OH is 2. The molecule has 0 fully saturated rings. The Balaban J connectivity index is 0.000000271. The number of carbonyl (C=O) groups is 1. The Hall–Kier alpha value is -2.79. The molecule has 2 unspecified atom stereocenters. The van der Waals surface area contributed by atoms with Crippen LogP contribution in [0.2, 0.25) is 0 Å². The molecule has 7 heteroatoms. The maximum absolute atomic E-state index is 10.5. The Morgan fingerprint density at radius 3 is 2.74 bits per heavy atom. The van der Waals surface area contributed by atoms with E-state index in [4.69, 9.17) is 14.9 Å². The van der Waals surface area contributed by atoms with Crippen molar-refractivity contribution in [2.75, 3.05) is 6.61 Å². The molecule has 27 heavy (non-hydrogen) atoms. The predicted octanol–water partition coefficient (Wildman–Crippen LogP) is 2.01. The van der Waals surface area contributed by atoms with Gasteiger partial charge < -0.3 is 14.9 Å². The molecule has 0 bridgehead atoms. The zero-order valence-electron chi connectivity index (χ0n) is 14.9. The lowest BCUT2D eigenvalue weighted by atomic mass is 9.95. The maximum atomic E-state index is 10.5. The van der Waals surface area contributed by atoms with Crippen molar-refractivity contribution in [3.8, 4) is 11.8 Å². The van der Waals surface area contributed by atoms with Crippen LogP contribution in [0.5, 0.6) is 0 Å². The molecule has 1 aromatic carbocycles. The van der Waals surface area contributed by atoms with Crippen LogP contribution in [0.25, 0.3) is 0 Å². The van der Waals surface area contributed by atoms with Crippen molar-refractivity contribution >= 4 is 6.29 Å². The third-order valence-corrected chi connectivity index (χ3v) is 3.62. The molecule has 144 valence electrons. The standard InChI is InChI=1S/C11H12O3.C9H11NO3/c12-8-4-7-11(13)14-9-10-5-2-1-3-6-10;11-6-2-4-8-3-1-5-9(7-8)10(12)13/h1-3,5-6,11-13H,8-9H2;2-4,6,9H,1,5,7H2/b;4-2+. The van der Waals surface area contributed by atoms with E-state index in [1.54, 1.807) is 6.08 Å². The summed E-state index contributed by atoms with van der Waals surface area (Å²) >= 11 is 0. The van der Waals surface area contributed by atoms with Gasteiger partial charge in [-0.25, -0.2) is 0 Å². The zero-order chi connectivity index (χ0) is 19.9. The van der Waals surface area contributed by atoms with Gasteiger partial charge in [-0.1, -0.05) is 48.4 Å². The topological polar surface area (TPSA) is 110 Å². The lowest BCUT2D eigenvalue weighted by molar-refractivity contribution is -0.523. The predicted molar refractivity (Wildman–Crippen MR) is 100 cm³/mol. The second-order valence-electron chi connectivity index (χ2n) is 5.62. The van der Waals surface area contributed by atoms with Crippen LogP contribution in [0.3, 0.4) is 0 Å². The fourth-order valence-electron chi connectivity index (χ4n) is 2.32. The number of allylic oxidation sites excluding steroid dienone is 3. The van der Waals surface area contributed by atoms with Crippen molar-refractivity contribution in [2.45, 2.75) is 38.2 Å². The van der Waals surface area contributed by atoms with Crippen LogP contribution in [0.4, 0.5) is 0 Å². The molecule has 1 aliphatic carbocycles. The SMILES string of the molecule is O=C/C=C/C1=CCCC([N+](=O)[O-])C1.OCC#CC(O)OCc1ccccc1. The highest BCUT2D eigenvalue weighted by Gasteiger charge is 2.23. The van der Waals surface area contributed by atoms with Crippen LogP contribution in [0.1, 0.15) is 24.8 Å². The average molecular weight is 373 g/mol. The Kier molecular flexibility index (Phi) is 11.1. The number of carbonyl (C=O) groups excluding carboxylic acids is 1. The minimum atomic E-state index is -1.14. The van der Waals surface area contributed by atoms with Gasteiger partial charge in [0.15, 0.2) is 0 Å². The van der Waals surface area contributed by atoms with Gasteiger partial charge >= 0.3 is 0 Å². The summed E-state index contributed by atoms with van der Waals surface area (Å²) in [6, 6.07) is 9.01. The first-order valence-corrected chi connectivity index (χ1v) is 8.44. The van der Waals surface area contributed by atoms with Crippen LogP contribution in [0.15, 0.2) is 54.1 Å². The van der Waals surface area contributed by atoms with Gasteiger partial charge in [0.25, 0.3) is 0 Å². The second kappa shape index (κ2) is 13.4. The van der Waals surface area contributed by atoms with E-state index in [0.717, 1.165) is 17.6 Å². The van der Waals surface area contributed by atoms with Crippen molar-refractivity contribution in [3.63, 3.8) is 0 Å². The number of ether oxygens (including phenoxy) is 1. The van der Waals surface area contributed by atoms with E-state index in [1.165, 1.54) is 6.08 Å². The molecule has 0 heterocycles. The molecule has 0 saturated heterocycles. The highest BCUT2D eigenvalue weighted by atomic mass is 16.6. The second-order valence-corrected chi connectivity index (χ2v) is 5.62. The third-order valence-electron chi connectivity index (χ3n) is 3.62. The van der Waals surface area contributed by atoms with E-state index in [0.29, 0.717) is 25.7 Å². The third kappa shape index (κ3) is 10.1. The summed E-state index contributed by atoms with van der Waals surface area (Å²) in [6.07, 6.45) is 6.27. The van der Waals surface area contributed by atoms with Crippen molar-refractivity contribution < 1.29 is 24.7 Å². The molecule has 2 N–H and O–H groups in total. The molecule has 0 aliphatic heterocycles.